The van der Waals surface area contributed by atoms with Crippen molar-refractivity contribution in [2.75, 3.05) is 6.61 Å². The van der Waals surface area contributed by atoms with Gasteiger partial charge in [-0.1, -0.05) is 19.4 Å². The molecule has 0 aliphatic heterocycles. The van der Waals surface area contributed by atoms with Gasteiger partial charge in [0.15, 0.2) is 0 Å². The number of carboxylic acids is 1. The Morgan fingerprint density at radius 2 is 1.96 bits per heavy atom. The van der Waals surface area contributed by atoms with Gasteiger partial charge in [0.1, 0.15) is 5.82 Å². The summed E-state index contributed by atoms with van der Waals surface area (Å²) < 4.78 is 44.9. The summed E-state index contributed by atoms with van der Waals surface area (Å²) in [6.45, 7) is 2.60. The zero-order valence-electron chi connectivity index (χ0n) is 14.6. The molecule has 0 bridgehead atoms. The largest absolute Gasteiger partial charge is 0.490 e. The first-order chi connectivity index (χ1) is 12.4. The van der Waals surface area contributed by atoms with E-state index >= 15 is 0 Å². The van der Waals surface area contributed by atoms with E-state index < -0.39 is 25.1 Å². The van der Waals surface area contributed by atoms with E-state index in [0.29, 0.717) is 12.1 Å². The number of hydrogen-bond donors (Lipinski definition) is 5. The van der Waals surface area contributed by atoms with Gasteiger partial charge in [0.05, 0.1) is 0 Å². The van der Waals surface area contributed by atoms with Gasteiger partial charge in [-0.05, 0) is 36.0 Å². The van der Waals surface area contributed by atoms with Gasteiger partial charge in [0.2, 0.25) is 0 Å². The minimum absolute atomic E-state index is 0.129. The van der Waals surface area contributed by atoms with Crippen molar-refractivity contribution in [3.63, 3.8) is 0 Å². The van der Waals surface area contributed by atoms with Gasteiger partial charge < -0.3 is 25.6 Å². The maximum absolute atomic E-state index is 13.2. The van der Waals surface area contributed by atoms with Crippen molar-refractivity contribution in [3.8, 4) is 0 Å². The molecule has 152 valence electrons. The highest BCUT2D eigenvalue weighted by molar-refractivity contribution is 6.59. The zero-order chi connectivity index (χ0) is 20.8. The van der Waals surface area contributed by atoms with Crippen LogP contribution in [0.3, 0.4) is 0 Å². The Balaban J connectivity index is 0.000000445. The summed E-state index contributed by atoms with van der Waals surface area (Å²) in [5.74, 6) is -3.24. The third-order valence-electron chi connectivity index (χ3n) is 4.61. The molecule has 1 aliphatic carbocycles. The molecule has 1 aromatic carbocycles. The first kappa shape index (κ1) is 23.4. The van der Waals surface area contributed by atoms with E-state index in [0.717, 1.165) is 25.3 Å². The number of aliphatic hydroxyl groups excluding tert-OH is 1. The topological polar surface area (TPSA) is 110 Å². The van der Waals surface area contributed by atoms with Crippen LogP contribution in [0.1, 0.15) is 31.7 Å². The second-order valence-electron chi connectivity index (χ2n) is 6.66. The maximum Gasteiger partial charge on any atom is 0.490 e. The molecule has 0 heterocycles. The van der Waals surface area contributed by atoms with Crippen LogP contribution in [0, 0.1) is 11.2 Å². The summed E-state index contributed by atoms with van der Waals surface area (Å²) in [6.07, 6.45) is -2.07. The van der Waals surface area contributed by atoms with Gasteiger partial charge in [0, 0.05) is 24.6 Å². The molecule has 5 N–H and O–H groups in total. The van der Waals surface area contributed by atoms with Crippen LogP contribution < -0.4 is 10.8 Å². The molecule has 11 heteroatoms. The second-order valence-corrected chi connectivity index (χ2v) is 6.66. The van der Waals surface area contributed by atoms with Crippen LogP contribution in [0.5, 0.6) is 0 Å². The number of carbonyl (C=O) groups is 1. The van der Waals surface area contributed by atoms with Crippen molar-refractivity contribution in [3.05, 3.63) is 29.6 Å². The van der Waals surface area contributed by atoms with E-state index in [-0.39, 0.29) is 23.5 Å². The molecule has 27 heavy (non-hydrogen) atoms. The van der Waals surface area contributed by atoms with Gasteiger partial charge >= 0.3 is 19.3 Å². The summed E-state index contributed by atoms with van der Waals surface area (Å²) >= 11 is 0. The Labute approximate surface area is 154 Å². The smallest absolute Gasteiger partial charge is 0.475 e. The lowest BCUT2D eigenvalue weighted by atomic mass is 9.76. The molecule has 1 saturated carbocycles. The Bertz CT molecular complexity index is 644. The second kappa shape index (κ2) is 9.49. The number of halogens is 4. The summed E-state index contributed by atoms with van der Waals surface area (Å²) in [7, 11) is -1.68. The third kappa shape index (κ3) is 6.76. The van der Waals surface area contributed by atoms with Crippen LogP contribution in [-0.2, 0) is 11.3 Å². The number of rotatable bonds is 5. The van der Waals surface area contributed by atoms with Gasteiger partial charge in [0.25, 0.3) is 0 Å². The Kier molecular flexibility index (Phi) is 8.21. The summed E-state index contributed by atoms with van der Waals surface area (Å²) in [5.41, 5.74) is 0.702. The van der Waals surface area contributed by atoms with E-state index in [2.05, 4.69) is 5.32 Å². The number of aliphatic carboxylic acids is 1. The number of carboxylic acid groups (broad SMARTS) is 1. The number of benzene rings is 1. The van der Waals surface area contributed by atoms with Gasteiger partial charge in [-0.3, -0.25) is 0 Å². The van der Waals surface area contributed by atoms with Gasteiger partial charge in [-0.2, -0.15) is 13.2 Å². The minimum atomic E-state index is -5.08. The fraction of sp³-hybridized carbons (Fsp3) is 0.562. The van der Waals surface area contributed by atoms with Crippen LogP contribution in [-0.4, -0.2) is 52.2 Å². The summed E-state index contributed by atoms with van der Waals surface area (Å²) in [4.78, 5) is 8.90. The molecule has 0 radical (unpaired) electrons. The van der Waals surface area contributed by atoms with E-state index in [9.17, 15) is 32.7 Å². The average Bonchev–Trinajstić information content (AvgIpc) is 2.94. The molecule has 0 aromatic heterocycles. The van der Waals surface area contributed by atoms with Crippen molar-refractivity contribution in [2.24, 2.45) is 5.41 Å². The number of alkyl halides is 3. The Morgan fingerprint density at radius 3 is 2.44 bits per heavy atom. The molecular weight excluding hydrogens is 373 g/mol. The maximum atomic E-state index is 13.2. The Morgan fingerprint density at radius 1 is 1.37 bits per heavy atom. The quantitative estimate of drug-likeness (QED) is 0.373. The molecule has 0 spiro atoms. The first-order valence-corrected chi connectivity index (χ1v) is 8.19. The average molecular weight is 395 g/mol. The molecule has 1 aliphatic rings. The Hall–Kier alpha value is -1.69. The molecular formula is C16H22BF4NO5. The van der Waals surface area contributed by atoms with Crippen molar-refractivity contribution in [2.45, 2.75) is 44.9 Å². The predicted molar refractivity (Wildman–Crippen MR) is 89.6 cm³/mol. The highest BCUT2D eigenvalue weighted by Gasteiger charge is 2.38. The molecule has 6 nitrogen and oxygen atoms in total. The van der Waals surface area contributed by atoms with E-state index in [1.807, 2.05) is 6.92 Å². The normalized spacial score (nSPS) is 22.1. The lowest BCUT2D eigenvalue weighted by Crippen LogP contribution is -2.43. The van der Waals surface area contributed by atoms with Crippen LogP contribution >= 0.6 is 0 Å². The van der Waals surface area contributed by atoms with Crippen molar-refractivity contribution >= 4 is 18.6 Å². The molecule has 0 saturated heterocycles. The molecule has 2 atom stereocenters. The third-order valence-corrected chi connectivity index (χ3v) is 4.61. The predicted octanol–water partition coefficient (Wildman–Crippen LogP) is 0.779. The lowest BCUT2D eigenvalue weighted by molar-refractivity contribution is -0.192. The first-order valence-electron chi connectivity index (χ1n) is 8.19. The molecule has 2 rings (SSSR count). The summed E-state index contributed by atoms with van der Waals surface area (Å²) in [6, 6.07) is 4.19. The monoisotopic (exact) mass is 395 g/mol. The van der Waals surface area contributed by atoms with Gasteiger partial charge in [-0.15, -0.1) is 0 Å². The molecule has 0 amide bonds. The molecule has 1 aromatic rings. The molecule has 0 unspecified atom stereocenters. The fourth-order valence-electron chi connectivity index (χ4n) is 2.97. The number of hydrogen-bond acceptors (Lipinski definition) is 5. The number of nitrogens with one attached hydrogen (secondary N) is 1. The minimum Gasteiger partial charge on any atom is -0.475 e. The molecule has 1 fully saturated rings. The highest BCUT2D eigenvalue weighted by atomic mass is 19.4. The van der Waals surface area contributed by atoms with Crippen molar-refractivity contribution in [1.82, 2.24) is 5.32 Å². The van der Waals surface area contributed by atoms with Gasteiger partial charge in [-0.25, -0.2) is 9.18 Å². The van der Waals surface area contributed by atoms with Crippen LogP contribution in [0.25, 0.3) is 0 Å². The fourth-order valence-corrected chi connectivity index (χ4v) is 2.97. The SMILES string of the molecule is C[C@@]1(CO)CCC[C@H]1NCc1ccc(F)cc1B(O)O.O=C(O)C(F)(F)F. The van der Waals surface area contributed by atoms with Crippen LogP contribution in [0.4, 0.5) is 17.6 Å². The van der Waals surface area contributed by atoms with Crippen molar-refractivity contribution < 1.29 is 42.6 Å². The van der Waals surface area contributed by atoms with Crippen molar-refractivity contribution in [1.29, 1.82) is 0 Å². The van der Waals surface area contributed by atoms with E-state index in [4.69, 9.17) is 9.90 Å². The van der Waals surface area contributed by atoms with E-state index in [1.54, 1.807) is 6.07 Å². The summed E-state index contributed by atoms with van der Waals surface area (Å²) in [5, 5.41) is 38.6. The van der Waals surface area contributed by atoms with Crippen LogP contribution in [0.15, 0.2) is 18.2 Å². The standard InChI is InChI=1S/C14H21BFNO3.C2HF3O2/c1-14(9-18)6-2-3-13(14)17-8-10-4-5-11(16)7-12(10)15(19)20;3-2(4,5)1(6)7/h4-5,7,13,17-20H,2-3,6,8-9H2,1H3;(H,6,7)/t13-,14+;/m1./s1. The highest BCUT2D eigenvalue weighted by Crippen LogP contribution is 2.37. The van der Waals surface area contributed by atoms with E-state index in [1.165, 1.54) is 6.07 Å². The lowest BCUT2D eigenvalue weighted by Gasteiger charge is -2.30. The zero-order valence-corrected chi connectivity index (χ0v) is 14.6. The number of aliphatic hydroxyl groups is 1. The van der Waals surface area contributed by atoms with Crippen LogP contribution in [0.2, 0.25) is 0 Å².